The summed E-state index contributed by atoms with van der Waals surface area (Å²) in [6, 6.07) is 9.47. The van der Waals surface area contributed by atoms with Crippen LogP contribution in [-0.4, -0.2) is 35.3 Å². The van der Waals surface area contributed by atoms with Gasteiger partial charge in [-0.3, -0.25) is 0 Å². The van der Waals surface area contributed by atoms with Crippen molar-refractivity contribution in [3.63, 3.8) is 0 Å². The van der Waals surface area contributed by atoms with Crippen molar-refractivity contribution in [2.45, 2.75) is 18.9 Å². The first-order chi connectivity index (χ1) is 7.77. The summed E-state index contributed by atoms with van der Waals surface area (Å²) in [5.41, 5.74) is 0. The number of carbonyl (C=O) groups is 1. The highest BCUT2D eigenvalue weighted by molar-refractivity contribution is 5.65. The molecule has 86 valence electrons. The number of hydrogen-bond donors (Lipinski definition) is 1. The number of rotatable bonds is 3. The second kappa shape index (κ2) is 4.88. The number of carboxylic acid groups (broad SMARTS) is 1. The molecule has 2 rings (SSSR count). The third kappa shape index (κ3) is 2.45. The molecule has 4 nitrogen and oxygen atoms in total. The van der Waals surface area contributed by atoms with Gasteiger partial charge in [0.2, 0.25) is 0 Å². The largest absolute Gasteiger partial charge is 0.491 e. The Morgan fingerprint density at radius 3 is 2.88 bits per heavy atom. The molecule has 16 heavy (non-hydrogen) atoms. The smallest absolute Gasteiger partial charge is 0.407 e. The van der Waals surface area contributed by atoms with Gasteiger partial charge < -0.3 is 14.7 Å². The van der Waals surface area contributed by atoms with Crippen LogP contribution in [0.3, 0.4) is 0 Å². The van der Waals surface area contributed by atoms with Crippen molar-refractivity contribution in [3.05, 3.63) is 30.3 Å². The number of hydrogen-bond acceptors (Lipinski definition) is 2. The van der Waals surface area contributed by atoms with Gasteiger partial charge in [0.15, 0.2) is 0 Å². The summed E-state index contributed by atoms with van der Waals surface area (Å²) in [7, 11) is 0. The number of amides is 1. The Labute approximate surface area is 94.4 Å². The predicted octanol–water partition coefficient (Wildman–Crippen LogP) is 2.21. The molecule has 0 radical (unpaired) electrons. The van der Waals surface area contributed by atoms with Crippen molar-refractivity contribution in [2.24, 2.45) is 0 Å². The van der Waals surface area contributed by atoms with Crippen LogP contribution >= 0.6 is 0 Å². The van der Waals surface area contributed by atoms with Gasteiger partial charge in [0.1, 0.15) is 12.4 Å². The molecule has 1 aromatic carbocycles. The normalized spacial score (nSPS) is 19.8. The molecule has 1 saturated heterocycles. The Bertz CT molecular complexity index is 353. The van der Waals surface area contributed by atoms with Gasteiger partial charge in [0.25, 0.3) is 0 Å². The van der Waals surface area contributed by atoms with Crippen molar-refractivity contribution < 1.29 is 14.6 Å². The SMILES string of the molecule is O=C(O)N1CCC[C@H]1COc1ccccc1. The minimum atomic E-state index is -0.848. The maximum atomic E-state index is 10.9. The van der Waals surface area contributed by atoms with Gasteiger partial charge in [-0.15, -0.1) is 0 Å². The minimum Gasteiger partial charge on any atom is -0.491 e. The molecule has 0 aliphatic carbocycles. The van der Waals surface area contributed by atoms with E-state index in [0.717, 1.165) is 18.6 Å². The fraction of sp³-hybridized carbons (Fsp3) is 0.417. The van der Waals surface area contributed by atoms with E-state index in [1.165, 1.54) is 4.90 Å². The second-order valence-electron chi connectivity index (χ2n) is 3.90. The third-order valence-electron chi connectivity index (χ3n) is 2.81. The molecule has 1 aliphatic heterocycles. The summed E-state index contributed by atoms with van der Waals surface area (Å²) >= 11 is 0. The highest BCUT2D eigenvalue weighted by Crippen LogP contribution is 2.18. The highest BCUT2D eigenvalue weighted by Gasteiger charge is 2.28. The molecular formula is C12H15NO3. The second-order valence-corrected chi connectivity index (χ2v) is 3.90. The Hall–Kier alpha value is -1.71. The fourth-order valence-corrected chi connectivity index (χ4v) is 1.97. The summed E-state index contributed by atoms with van der Waals surface area (Å²) < 4.78 is 5.57. The Morgan fingerprint density at radius 1 is 1.44 bits per heavy atom. The van der Waals surface area contributed by atoms with E-state index in [1.54, 1.807) is 0 Å². The average Bonchev–Trinajstić information content (AvgIpc) is 2.76. The molecule has 1 atom stereocenters. The molecule has 0 saturated carbocycles. The van der Waals surface area contributed by atoms with Crippen molar-refractivity contribution >= 4 is 6.09 Å². The molecular weight excluding hydrogens is 206 g/mol. The average molecular weight is 221 g/mol. The van der Waals surface area contributed by atoms with E-state index in [4.69, 9.17) is 9.84 Å². The molecule has 1 aliphatic rings. The number of ether oxygens (including phenoxy) is 1. The van der Waals surface area contributed by atoms with E-state index >= 15 is 0 Å². The van der Waals surface area contributed by atoms with Gasteiger partial charge in [-0.05, 0) is 25.0 Å². The zero-order valence-electron chi connectivity index (χ0n) is 9.00. The summed E-state index contributed by atoms with van der Waals surface area (Å²) in [6.45, 7) is 1.06. The van der Waals surface area contributed by atoms with Crippen molar-refractivity contribution in [2.75, 3.05) is 13.2 Å². The molecule has 4 heteroatoms. The summed E-state index contributed by atoms with van der Waals surface area (Å²) in [5, 5.41) is 8.95. The monoisotopic (exact) mass is 221 g/mol. The van der Waals surface area contributed by atoms with Gasteiger partial charge >= 0.3 is 6.09 Å². The molecule has 0 spiro atoms. The molecule has 1 fully saturated rings. The van der Waals surface area contributed by atoms with E-state index < -0.39 is 6.09 Å². The number of nitrogens with zero attached hydrogens (tertiary/aromatic N) is 1. The topological polar surface area (TPSA) is 49.8 Å². The van der Waals surface area contributed by atoms with Gasteiger partial charge in [-0.2, -0.15) is 0 Å². The quantitative estimate of drug-likeness (QED) is 0.851. The van der Waals surface area contributed by atoms with Crippen LogP contribution in [0, 0.1) is 0 Å². The summed E-state index contributed by atoms with van der Waals surface area (Å²) in [5.74, 6) is 0.791. The maximum absolute atomic E-state index is 10.9. The molecule has 0 unspecified atom stereocenters. The maximum Gasteiger partial charge on any atom is 0.407 e. The van der Waals surface area contributed by atoms with E-state index in [0.29, 0.717) is 13.2 Å². The Morgan fingerprint density at radius 2 is 2.19 bits per heavy atom. The van der Waals surface area contributed by atoms with Crippen molar-refractivity contribution in [1.29, 1.82) is 0 Å². The Balaban J connectivity index is 1.88. The van der Waals surface area contributed by atoms with Crippen LogP contribution in [0.15, 0.2) is 30.3 Å². The van der Waals surface area contributed by atoms with Crippen LogP contribution in [-0.2, 0) is 0 Å². The fourth-order valence-electron chi connectivity index (χ4n) is 1.97. The zero-order valence-corrected chi connectivity index (χ0v) is 9.00. The Kier molecular flexibility index (Phi) is 3.29. The molecule has 1 N–H and O–H groups in total. The van der Waals surface area contributed by atoms with Crippen LogP contribution in [0.1, 0.15) is 12.8 Å². The lowest BCUT2D eigenvalue weighted by atomic mass is 10.2. The van der Waals surface area contributed by atoms with Crippen molar-refractivity contribution in [1.82, 2.24) is 4.90 Å². The van der Waals surface area contributed by atoms with Crippen LogP contribution in [0.25, 0.3) is 0 Å². The highest BCUT2D eigenvalue weighted by atomic mass is 16.5. The first-order valence-electron chi connectivity index (χ1n) is 5.45. The molecule has 0 bridgehead atoms. The van der Waals surface area contributed by atoms with Gasteiger partial charge in [0.05, 0.1) is 6.04 Å². The van der Waals surface area contributed by atoms with Crippen LogP contribution in [0.5, 0.6) is 5.75 Å². The molecule has 1 heterocycles. The summed E-state index contributed by atoms with van der Waals surface area (Å²) in [6.07, 6.45) is 0.966. The number of benzene rings is 1. The molecule has 1 amide bonds. The summed E-state index contributed by atoms with van der Waals surface area (Å²) in [4.78, 5) is 12.4. The molecule has 0 aromatic heterocycles. The molecule has 1 aromatic rings. The number of para-hydroxylation sites is 1. The standard InChI is InChI=1S/C12H15NO3/c14-12(15)13-8-4-5-10(13)9-16-11-6-2-1-3-7-11/h1-3,6-7,10H,4-5,8-9H2,(H,14,15)/t10-/m0/s1. The van der Waals surface area contributed by atoms with E-state index in [1.807, 2.05) is 30.3 Å². The van der Waals surface area contributed by atoms with E-state index in [-0.39, 0.29) is 6.04 Å². The zero-order chi connectivity index (χ0) is 11.4. The van der Waals surface area contributed by atoms with Gasteiger partial charge in [-0.25, -0.2) is 4.79 Å². The van der Waals surface area contributed by atoms with Crippen LogP contribution in [0.4, 0.5) is 4.79 Å². The predicted molar refractivity (Wildman–Crippen MR) is 59.7 cm³/mol. The van der Waals surface area contributed by atoms with Crippen LogP contribution < -0.4 is 4.74 Å². The first kappa shape index (κ1) is 10.8. The minimum absolute atomic E-state index is 0.00212. The van der Waals surface area contributed by atoms with E-state index in [9.17, 15) is 4.79 Å². The van der Waals surface area contributed by atoms with Gasteiger partial charge in [0, 0.05) is 6.54 Å². The van der Waals surface area contributed by atoms with E-state index in [2.05, 4.69) is 0 Å². The lowest BCUT2D eigenvalue weighted by molar-refractivity contribution is 0.123. The van der Waals surface area contributed by atoms with Crippen LogP contribution in [0.2, 0.25) is 0 Å². The lowest BCUT2D eigenvalue weighted by Crippen LogP contribution is -2.37. The van der Waals surface area contributed by atoms with Gasteiger partial charge in [-0.1, -0.05) is 18.2 Å². The third-order valence-corrected chi connectivity index (χ3v) is 2.81. The number of likely N-dealkylation sites (tertiary alicyclic amines) is 1. The first-order valence-corrected chi connectivity index (χ1v) is 5.45. The van der Waals surface area contributed by atoms with Crippen molar-refractivity contribution in [3.8, 4) is 5.75 Å². The lowest BCUT2D eigenvalue weighted by Gasteiger charge is -2.21.